The Hall–Kier alpha value is -2.88. The SMILES string of the molecule is C=CCOC(=O)C1C2CCC(C(=O)OCc3ccccc3-c3ccccc3)C21. The van der Waals surface area contributed by atoms with Crippen molar-refractivity contribution in [2.45, 2.75) is 19.4 Å². The van der Waals surface area contributed by atoms with Crippen molar-refractivity contribution in [3.05, 3.63) is 72.8 Å². The van der Waals surface area contributed by atoms with Crippen LogP contribution < -0.4 is 0 Å². The van der Waals surface area contributed by atoms with E-state index in [0.717, 1.165) is 29.5 Å². The second-order valence-corrected chi connectivity index (χ2v) is 7.50. The standard InChI is InChI=1S/C24H24O4/c1-2-14-27-24(26)22-19-12-13-20(21(19)22)23(25)28-15-17-10-6-7-11-18(17)16-8-4-3-5-9-16/h2-11,19-22H,1,12-15H2. The molecule has 4 heteroatoms. The number of ether oxygens (including phenoxy) is 2. The maximum Gasteiger partial charge on any atom is 0.309 e. The summed E-state index contributed by atoms with van der Waals surface area (Å²) in [5.74, 6) is -0.408. The topological polar surface area (TPSA) is 52.6 Å². The van der Waals surface area contributed by atoms with Crippen molar-refractivity contribution in [3.63, 3.8) is 0 Å². The molecular formula is C24H24O4. The van der Waals surface area contributed by atoms with Crippen LogP contribution in [0, 0.1) is 23.7 Å². The van der Waals surface area contributed by atoms with Crippen LogP contribution in [0.4, 0.5) is 0 Å². The summed E-state index contributed by atoms with van der Waals surface area (Å²) in [6.07, 6.45) is 3.24. The summed E-state index contributed by atoms with van der Waals surface area (Å²) in [6, 6.07) is 18.0. The molecular weight excluding hydrogens is 352 g/mol. The molecule has 4 nitrogen and oxygen atoms in total. The van der Waals surface area contributed by atoms with Crippen LogP contribution in [0.15, 0.2) is 67.3 Å². The Morgan fingerprint density at radius 3 is 2.50 bits per heavy atom. The summed E-state index contributed by atoms with van der Waals surface area (Å²) >= 11 is 0. The summed E-state index contributed by atoms with van der Waals surface area (Å²) in [6.45, 7) is 4.02. The second kappa shape index (κ2) is 8.01. The van der Waals surface area contributed by atoms with Crippen LogP contribution in [0.2, 0.25) is 0 Å². The lowest BCUT2D eigenvalue weighted by Crippen LogP contribution is -2.21. The second-order valence-electron chi connectivity index (χ2n) is 7.50. The van der Waals surface area contributed by atoms with E-state index in [9.17, 15) is 9.59 Å². The Labute approximate surface area is 165 Å². The van der Waals surface area contributed by atoms with Crippen LogP contribution in [-0.4, -0.2) is 18.5 Å². The Bertz CT molecular complexity index is 873. The van der Waals surface area contributed by atoms with E-state index >= 15 is 0 Å². The Morgan fingerprint density at radius 2 is 1.71 bits per heavy atom. The van der Waals surface area contributed by atoms with Crippen molar-refractivity contribution in [1.82, 2.24) is 0 Å². The van der Waals surface area contributed by atoms with Crippen LogP contribution in [0.25, 0.3) is 11.1 Å². The molecule has 4 rings (SSSR count). The molecule has 2 saturated carbocycles. The number of carbonyl (C=O) groups excluding carboxylic acids is 2. The predicted molar refractivity (Wildman–Crippen MR) is 106 cm³/mol. The minimum atomic E-state index is -0.207. The molecule has 28 heavy (non-hydrogen) atoms. The number of hydrogen-bond acceptors (Lipinski definition) is 4. The van der Waals surface area contributed by atoms with Gasteiger partial charge in [0, 0.05) is 0 Å². The number of benzene rings is 2. The minimum Gasteiger partial charge on any atom is -0.461 e. The average Bonchev–Trinajstić information content (AvgIpc) is 3.29. The number of fused-ring (bicyclic) bond motifs is 1. The molecule has 2 fully saturated rings. The van der Waals surface area contributed by atoms with Gasteiger partial charge in [-0.05, 0) is 41.4 Å². The Morgan fingerprint density at radius 1 is 0.964 bits per heavy atom. The fourth-order valence-corrected chi connectivity index (χ4v) is 4.53. The molecule has 2 aliphatic rings. The fraction of sp³-hybridized carbons (Fsp3) is 0.333. The third-order valence-corrected chi connectivity index (χ3v) is 5.90. The van der Waals surface area contributed by atoms with Crippen LogP contribution in [0.5, 0.6) is 0 Å². The van der Waals surface area contributed by atoms with Gasteiger partial charge in [-0.15, -0.1) is 0 Å². The van der Waals surface area contributed by atoms with Gasteiger partial charge in [-0.25, -0.2) is 0 Å². The normalized spacial score (nSPS) is 24.9. The van der Waals surface area contributed by atoms with Gasteiger partial charge in [0.1, 0.15) is 13.2 Å². The smallest absolute Gasteiger partial charge is 0.309 e. The highest BCUT2D eigenvalue weighted by Crippen LogP contribution is 2.61. The lowest BCUT2D eigenvalue weighted by atomic mass is 9.99. The zero-order valence-electron chi connectivity index (χ0n) is 15.8. The highest BCUT2D eigenvalue weighted by molar-refractivity contribution is 5.81. The van der Waals surface area contributed by atoms with Gasteiger partial charge in [-0.1, -0.05) is 67.3 Å². The van der Waals surface area contributed by atoms with Gasteiger partial charge in [-0.2, -0.15) is 0 Å². The zero-order chi connectivity index (χ0) is 19.5. The molecule has 0 heterocycles. The molecule has 144 valence electrons. The third-order valence-electron chi connectivity index (χ3n) is 5.90. The van der Waals surface area contributed by atoms with E-state index in [2.05, 4.69) is 6.58 Å². The first kappa shape index (κ1) is 18.5. The summed E-state index contributed by atoms with van der Waals surface area (Å²) in [7, 11) is 0. The van der Waals surface area contributed by atoms with Gasteiger partial charge in [0.15, 0.2) is 0 Å². The highest BCUT2D eigenvalue weighted by Gasteiger charge is 2.64. The highest BCUT2D eigenvalue weighted by atomic mass is 16.5. The maximum absolute atomic E-state index is 12.7. The Kier molecular flexibility index (Phi) is 5.29. The predicted octanol–water partition coefficient (Wildman–Crippen LogP) is 4.40. The van der Waals surface area contributed by atoms with Gasteiger partial charge >= 0.3 is 11.9 Å². The molecule has 0 N–H and O–H groups in total. The van der Waals surface area contributed by atoms with Crippen molar-refractivity contribution in [2.24, 2.45) is 23.7 Å². The van der Waals surface area contributed by atoms with E-state index in [1.165, 1.54) is 0 Å². The summed E-state index contributed by atoms with van der Waals surface area (Å²) in [4.78, 5) is 24.8. The first-order valence-electron chi connectivity index (χ1n) is 9.78. The average molecular weight is 376 g/mol. The van der Waals surface area contributed by atoms with Crippen molar-refractivity contribution in [1.29, 1.82) is 0 Å². The number of esters is 2. The lowest BCUT2D eigenvalue weighted by Gasteiger charge is -2.15. The zero-order valence-corrected chi connectivity index (χ0v) is 15.8. The summed E-state index contributed by atoms with van der Waals surface area (Å²) in [5.41, 5.74) is 3.15. The molecule has 0 aliphatic heterocycles. The first-order chi connectivity index (χ1) is 13.7. The fourth-order valence-electron chi connectivity index (χ4n) is 4.53. The molecule has 0 amide bonds. The van der Waals surface area contributed by atoms with E-state index in [1.54, 1.807) is 6.08 Å². The van der Waals surface area contributed by atoms with Crippen LogP contribution in [0.1, 0.15) is 18.4 Å². The van der Waals surface area contributed by atoms with Crippen LogP contribution >= 0.6 is 0 Å². The molecule has 0 radical (unpaired) electrons. The number of hydrogen-bond donors (Lipinski definition) is 0. The van der Waals surface area contributed by atoms with Gasteiger partial charge in [0.2, 0.25) is 0 Å². The molecule has 4 unspecified atom stereocenters. The van der Waals surface area contributed by atoms with E-state index < -0.39 is 0 Å². The van der Waals surface area contributed by atoms with E-state index in [0.29, 0.717) is 0 Å². The van der Waals surface area contributed by atoms with Crippen molar-refractivity contribution in [2.75, 3.05) is 6.61 Å². The van der Waals surface area contributed by atoms with Crippen molar-refractivity contribution >= 4 is 11.9 Å². The Balaban J connectivity index is 1.38. The lowest BCUT2D eigenvalue weighted by molar-refractivity contribution is -0.151. The quantitative estimate of drug-likeness (QED) is 0.531. The molecule has 2 aromatic rings. The molecule has 2 aromatic carbocycles. The summed E-state index contributed by atoms with van der Waals surface area (Å²) < 4.78 is 10.8. The monoisotopic (exact) mass is 376 g/mol. The molecule has 2 aliphatic carbocycles. The van der Waals surface area contributed by atoms with Crippen LogP contribution in [0.3, 0.4) is 0 Å². The molecule has 0 bridgehead atoms. The minimum absolute atomic E-state index is 0.0779. The molecule has 0 saturated heterocycles. The van der Waals surface area contributed by atoms with E-state index in [4.69, 9.17) is 9.47 Å². The first-order valence-corrected chi connectivity index (χ1v) is 9.78. The number of carbonyl (C=O) groups is 2. The van der Waals surface area contributed by atoms with E-state index in [1.807, 2.05) is 54.6 Å². The van der Waals surface area contributed by atoms with Crippen LogP contribution in [-0.2, 0) is 25.7 Å². The molecule has 0 spiro atoms. The molecule has 0 aromatic heterocycles. The van der Waals surface area contributed by atoms with E-state index in [-0.39, 0.29) is 48.8 Å². The van der Waals surface area contributed by atoms with Crippen molar-refractivity contribution < 1.29 is 19.1 Å². The summed E-state index contributed by atoms with van der Waals surface area (Å²) in [5, 5.41) is 0. The maximum atomic E-state index is 12.7. The van der Waals surface area contributed by atoms with Gasteiger partial charge < -0.3 is 9.47 Å². The largest absolute Gasteiger partial charge is 0.461 e. The third kappa shape index (κ3) is 3.59. The van der Waals surface area contributed by atoms with Crippen molar-refractivity contribution in [3.8, 4) is 11.1 Å². The number of rotatable bonds is 7. The molecule has 4 atom stereocenters. The van der Waals surface area contributed by atoms with Gasteiger partial charge in [0.25, 0.3) is 0 Å². The van der Waals surface area contributed by atoms with Gasteiger partial charge in [0.05, 0.1) is 11.8 Å². The van der Waals surface area contributed by atoms with Gasteiger partial charge in [-0.3, -0.25) is 9.59 Å².